The number of hydrogen-bond acceptors (Lipinski definition) is 4. The molecule has 1 unspecified atom stereocenters. The van der Waals surface area contributed by atoms with Crippen LogP contribution in [0, 0.1) is 5.92 Å². The van der Waals surface area contributed by atoms with Crippen LogP contribution in [0.15, 0.2) is 24.3 Å². The molecular weight excluding hydrogens is 310 g/mol. The lowest BCUT2D eigenvalue weighted by molar-refractivity contribution is -0.143. The van der Waals surface area contributed by atoms with Crippen molar-refractivity contribution in [2.75, 3.05) is 13.2 Å². The van der Waals surface area contributed by atoms with Gasteiger partial charge in [0, 0.05) is 0 Å². The quantitative estimate of drug-likeness (QED) is 0.607. The number of benzene rings is 1. The van der Waals surface area contributed by atoms with Crippen molar-refractivity contribution < 1.29 is 24.2 Å². The lowest BCUT2D eigenvalue weighted by Crippen LogP contribution is -2.46. The Balaban J connectivity index is 2.38. The summed E-state index contributed by atoms with van der Waals surface area (Å²) in [4.78, 5) is 22.8. The zero-order valence-corrected chi connectivity index (χ0v) is 14.6. The number of hydrogen-bond donors (Lipinski definition) is 2. The van der Waals surface area contributed by atoms with Crippen LogP contribution >= 0.6 is 0 Å². The fourth-order valence-corrected chi connectivity index (χ4v) is 2.05. The number of carbonyl (C=O) groups excluding carboxylic acids is 1. The second kappa shape index (κ2) is 10.5. The van der Waals surface area contributed by atoms with Crippen molar-refractivity contribution in [3.63, 3.8) is 0 Å². The topological polar surface area (TPSA) is 84.9 Å². The number of ether oxygens (including phenoxy) is 2. The minimum atomic E-state index is -1.05. The highest BCUT2D eigenvalue weighted by Gasteiger charge is 2.23. The molecule has 2 N–H and O–H groups in total. The summed E-state index contributed by atoms with van der Waals surface area (Å²) < 4.78 is 11.0. The number of carboxylic acid groups (broad SMARTS) is 1. The van der Waals surface area contributed by atoms with Crippen LogP contribution in [0.3, 0.4) is 0 Å². The van der Waals surface area contributed by atoms with Crippen LogP contribution in [0.4, 0.5) is 0 Å². The van der Waals surface area contributed by atoms with E-state index >= 15 is 0 Å². The van der Waals surface area contributed by atoms with Crippen LogP contribution in [-0.2, 0) is 9.59 Å². The molecule has 0 bridgehead atoms. The van der Waals surface area contributed by atoms with Crippen LogP contribution in [0.25, 0.3) is 0 Å². The monoisotopic (exact) mass is 337 g/mol. The van der Waals surface area contributed by atoms with Crippen molar-refractivity contribution >= 4 is 11.9 Å². The van der Waals surface area contributed by atoms with Crippen molar-refractivity contribution in [3.8, 4) is 11.5 Å². The molecule has 1 rings (SSSR count). The molecule has 0 saturated carbocycles. The van der Waals surface area contributed by atoms with Gasteiger partial charge in [-0.15, -0.1) is 0 Å². The molecule has 0 fully saturated rings. The van der Waals surface area contributed by atoms with E-state index in [9.17, 15) is 9.59 Å². The Morgan fingerprint density at radius 1 is 1.08 bits per heavy atom. The van der Waals surface area contributed by atoms with Crippen molar-refractivity contribution in [3.05, 3.63) is 24.3 Å². The van der Waals surface area contributed by atoms with Crippen LogP contribution in [0.1, 0.15) is 40.0 Å². The van der Waals surface area contributed by atoms with Crippen molar-refractivity contribution in [2.24, 2.45) is 5.92 Å². The van der Waals surface area contributed by atoms with Gasteiger partial charge < -0.3 is 19.9 Å². The van der Waals surface area contributed by atoms with Gasteiger partial charge in [0.2, 0.25) is 0 Å². The number of unbranched alkanes of at least 4 members (excludes halogenated alkanes) is 2. The number of nitrogens with one attached hydrogen (secondary N) is 1. The number of aliphatic carboxylic acids is 1. The van der Waals surface area contributed by atoms with Crippen LogP contribution in [-0.4, -0.2) is 36.2 Å². The normalized spacial score (nSPS) is 11.8. The molecular formula is C18H27NO5. The summed E-state index contributed by atoms with van der Waals surface area (Å²) in [6, 6.07) is 6.10. The summed E-state index contributed by atoms with van der Waals surface area (Å²) in [6.07, 6.45) is 3.32. The predicted molar refractivity (Wildman–Crippen MR) is 91.4 cm³/mol. The molecule has 0 saturated heterocycles. The summed E-state index contributed by atoms with van der Waals surface area (Å²) in [5.41, 5.74) is 0. The van der Waals surface area contributed by atoms with E-state index in [1.807, 2.05) is 0 Å². The van der Waals surface area contributed by atoms with Gasteiger partial charge in [0.15, 0.2) is 6.61 Å². The van der Waals surface area contributed by atoms with E-state index in [1.165, 1.54) is 0 Å². The lowest BCUT2D eigenvalue weighted by atomic mass is 10.1. The molecule has 0 aliphatic rings. The molecule has 1 aromatic rings. The highest BCUT2D eigenvalue weighted by molar-refractivity contribution is 5.84. The third-order valence-electron chi connectivity index (χ3n) is 3.46. The molecule has 24 heavy (non-hydrogen) atoms. The SMILES string of the molecule is CCCCCOc1ccc(OCC(=O)NC(C(=O)O)C(C)C)cc1. The van der Waals surface area contributed by atoms with Gasteiger partial charge in [0.05, 0.1) is 6.61 Å². The molecule has 6 nitrogen and oxygen atoms in total. The van der Waals surface area contributed by atoms with Gasteiger partial charge in [-0.2, -0.15) is 0 Å². The van der Waals surface area contributed by atoms with Crippen molar-refractivity contribution in [2.45, 2.75) is 46.1 Å². The van der Waals surface area contributed by atoms with Crippen molar-refractivity contribution in [1.82, 2.24) is 5.32 Å². The van der Waals surface area contributed by atoms with Crippen LogP contribution in [0.2, 0.25) is 0 Å². The van der Waals surface area contributed by atoms with E-state index in [0.29, 0.717) is 12.4 Å². The minimum absolute atomic E-state index is 0.199. The van der Waals surface area contributed by atoms with E-state index in [-0.39, 0.29) is 12.5 Å². The highest BCUT2D eigenvalue weighted by Crippen LogP contribution is 2.18. The Morgan fingerprint density at radius 3 is 2.17 bits per heavy atom. The van der Waals surface area contributed by atoms with Gasteiger partial charge in [-0.1, -0.05) is 33.6 Å². The molecule has 1 atom stereocenters. The van der Waals surface area contributed by atoms with E-state index in [1.54, 1.807) is 38.1 Å². The highest BCUT2D eigenvalue weighted by atomic mass is 16.5. The Bertz CT molecular complexity index is 513. The first-order valence-corrected chi connectivity index (χ1v) is 8.31. The van der Waals surface area contributed by atoms with E-state index in [0.717, 1.165) is 25.0 Å². The Labute approximate surface area is 143 Å². The zero-order chi connectivity index (χ0) is 17.9. The van der Waals surface area contributed by atoms with Crippen molar-refractivity contribution in [1.29, 1.82) is 0 Å². The third-order valence-corrected chi connectivity index (χ3v) is 3.46. The largest absolute Gasteiger partial charge is 0.494 e. The van der Waals surface area contributed by atoms with Gasteiger partial charge in [-0.05, 0) is 36.6 Å². The molecule has 0 radical (unpaired) electrons. The summed E-state index contributed by atoms with van der Waals surface area (Å²) >= 11 is 0. The van der Waals surface area contributed by atoms with Gasteiger partial charge in [-0.25, -0.2) is 4.79 Å². The van der Waals surface area contributed by atoms with E-state index < -0.39 is 17.9 Å². The second-order valence-corrected chi connectivity index (χ2v) is 5.94. The molecule has 1 amide bonds. The standard InChI is InChI=1S/C18H27NO5/c1-4-5-6-11-23-14-7-9-15(10-8-14)24-12-16(20)19-17(13(2)3)18(21)22/h7-10,13,17H,4-6,11-12H2,1-3H3,(H,19,20)(H,21,22). The maximum absolute atomic E-state index is 11.8. The molecule has 134 valence electrons. The number of amides is 1. The predicted octanol–water partition coefficient (Wildman–Crippen LogP) is 2.86. The molecule has 0 heterocycles. The fourth-order valence-electron chi connectivity index (χ4n) is 2.05. The van der Waals surface area contributed by atoms with Gasteiger partial charge in [0.1, 0.15) is 17.5 Å². The smallest absolute Gasteiger partial charge is 0.326 e. The summed E-state index contributed by atoms with van der Waals surface area (Å²) in [7, 11) is 0. The maximum Gasteiger partial charge on any atom is 0.326 e. The molecule has 0 spiro atoms. The van der Waals surface area contributed by atoms with Gasteiger partial charge in [0.25, 0.3) is 5.91 Å². The average molecular weight is 337 g/mol. The number of rotatable bonds is 11. The van der Waals surface area contributed by atoms with Gasteiger partial charge >= 0.3 is 5.97 Å². The summed E-state index contributed by atoms with van der Waals surface area (Å²) in [5.74, 6) is -0.425. The van der Waals surface area contributed by atoms with Crippen LogP contribution in [0.5, 0.6) is 11.5 Å². The third kappa shape index (κ3) is 7.35. The maximum atomic E-state index is 11.8. The second-order valence-electron chi connectivity index (χ2n) is 5.94. The van der Waals surface area contributed by atoms with E-state index in [4.69, 9.17) is 14.6 Å². The first-order valence-electron chi connectivity index (χ1n) is 8.31. The first kappa shape index (κ1) is 19.8. The van der Waals surface area contributed by atoms with E-state index in [2.05, 4.69) is 12.2 Å². The number of carbonyl (C=O) groups is 2. The number of carboxylic acids is 1. The van der Waals surface area contributed by atoms with Gasteiger partial charge in [-0.3, -0.25) is 4.79 Å². The average Bonchev–Trinajstić information content (AvgIpc) is 2.55. The summed E-state index contributed by atoms with van der Waals surface area (Å²) in [6.45, 7) is 6.07. The van der Waals surface area contributed by atoms with Crippen LogP contribution < -0.4 is 14.8 Å². The Morgan fingerprint density at radius 2 is 1.67 bits per heavy atom. The Hall–Kier alpha value is -2.24. The fraction of sp³-hybridized carbons (Fsp3) is 0.556. The lowest BCUT2D eigenvalue weighted by Gasteiger charge is -2.18. The molecule has 0 aliphatic carbocycles. The molecule has 0 aliphatic heterocycles. The Kier molecular flexibility index (Phi) is 8.68. The minimum Gasteiger partial charge on any atom is -0.494 e. The molecule has 6 heteroatoms. The zero-order valence-electron chi connectivity index (χ0n) is 14.6. The molecule has 0 aromatic heterocycles. The summed E-state index contributed by atoms with van der Waals surface area (Å²) in [5, 5.41) is 11.5. The first-order chi connectivity index (χ1) is 11.4. The molecule has 1 aromatic carbocycles.